The van der Waals surface area contributed by atoms with Crippen molar-refractivity contribution in [2.24, 2.45) is 0 Å². The molecular formula is C26H26N4O3. The van der Waals surface area contributed by atoms with Gasteiger partial charge in [0.05, 0.1) is 24.1 Å². The Balaban J connectivity index is 1.51. The van der Waals surface area contributed by atoms with Crippen LogP contribution < -0.4 is 5.32 Å². The number of anilines is 1. The van der Waals surface area contributed by atoms with E-state index in [0.717, 1.165) is 5.56 Å². The molecule has 0 bridgehead atoms. The normalized spacial score (nSPS) is 11.4. The second-order valence-corrected chi connectivity index (χ2v) is 8.73. The summed E-state index contributed by atoms with van der Waals surface area (Å²) in [5.74, 6) is -0.161. The summed E-state index contributed by atoms with van der Waals surface area (Å²) in [7, 11) is 0. The molecule has 0 saturated heterocycles. The van der Waals surface area contributed by atoms with Crippen LogP contribution in [0.1, 0.15) is 54.0 Å². The van der Waals surface area contributed by atoms with Gasteiger partial charge in [0.25, 0.3) is 5.91 Å². The molecule has 0 fully saturated rings. The van der Waals surface area contributed by atoms with E-state index >= 15 is 0 Å². The third-order valence-corrected chi connectivity index (χ3v) is 5.27. The zero-order chi connectivity index (χ0) is 23.6. The summed E-state index contributed by atoms with van der Waals surface area (Å²) in [6.07, 6.45) is 1.67. The van der Waals surface area contributed by atoms with Gasteiger partial charge < -0.3 is 10.1 Å². The number of nitrogens with one attached hydrogen (secondary N) is 1. The number of esters is 1. The molecule has 7 heteroatoms. The molecular weight excluding hydrogens is 416 g/mol. The Labute approximate surface area is 192 Å². The van der Waals surface area contributed by atoms with Gasteiger partial charge in [-0.2, -0.15) is 5.10 Å². The average molecular weight is 443 g/mol. The number of ether oxygens (including phenoxy) is 1. The maximum absolute atomic E-state index is 12.7. The van der Waals surface area contributed by atoms with E-state index in [9.17, 15) is 9.59 Å². The summed E-state index contributed by atoms with van der Waals surface area (Å²) in [6, 6.07) is 18.3. The first-order chi connectivity index (χ1) is 15.7. The number of fused-ring (bicyclic) bond motifs is 1. The first-order valence-corrected chi connectivity index (χ1v) is 10.8. The van der Waals surface area contributed by atoms with Crippen LogP contribution in [0.3, 0.4) is 0 Å². The van der Waals surface area contributed by atoms with Crippen molar-refractivity contribution in [3.05, 3.63) is 83.6 Å². The largest absolute Gasteiger partial charge is 0.462 e. The third-order valence-electron chi connectivity index (χ3n) is 5.27. The Morgan fingerprint density at radius 2 is 1.61 bits per heavy atom. The van der Waals surface area contributed by atoms with Gasteiger partial charge >= 0.3 is 5.97 Å². The summed E-state index contributed by atoms with van der Waals surface area (Å²) >= 11 is 0. The quantitative estimate of drug-likeness (QED) is 0.434. The lowest BCUT2D eigenvalue weighted by atomic mass is 9.87. The molecule has 2 heterocycles. The van der Waals surface area contributed by atoms with Crippen molar-refractivity contribution in [1.29, 1.82) is 0 Å². The van der Waals surface area contributed by atoms with E-state index in [4.69, 9.17) is 4.74 Å². The molecule has 4 rings (SSSR count). The maximum Gasteiger partial charge on any atom is 0.338 e. The topological polar surface area (TPSA) is 85.6 Å². The molecule has 1 N–H and O–H groups in total. The van der Waals surface area contributed by atoms with E-state index in [1.54, 1.807) is 29.8 Å². The Morgan fingerprint density at radius 1 is 0.939 bits per heavy atom. The number of carbonyl (C=O) groups excluding carboxylic acids is 2. The molecule has 0 aliphatic rings. The number of rotatable bonds is 5. The lowest BCUT2D eigenvalue weighted by molar-refractivity contribution is 0.0526. The van der Waals surface area contributed by atoms with E-state index in [2.05, 4.69) is 36.2 Å². The van der Waals surface area contributed by atoms with Gasteiger partial charge in [-0.3, -0.25) is 4.79 Å². The van der Waals surface area contributed by atoms with Gasteiger partial charge in [-0.1, -0.05) is 45.0 Å². The highest BCUT2D eigenvalue weighted by Gasteiger charge is 2.15. The summed E-state index contributed by atoms with van der Waals surface area (Å²) in [6.45, 7) is 8.51. The highest BCUT2D eigenvalue weighted by atomic mass is 16.5. The lowest BCUT2D eigenvalue weighted by Gasteiger charge is -2.18. The molecule has 1 amide bonds. The van der Waals surface area contributed by atoms with E-state index < -0.39 is 0 Å². The Bertz CT molecular complexity index is 1300. The molecule has 0 atom stereocenters. The summed E-state index contributed by atoms with van der Waals surface area (Å²) in [5.41, 5.74) is 4.42. The van der Waals surface area contributed by atoms with Gasteiger partial charge in [0.1, 0.15) is 0 Å². The molecule has 7 nitrogen and oxygen atoms in total. The van der Waals surface area contributed by atoms with Gasteiger partial charge in [0.15, 0.2) is 11.5 Å². The second kappa shape index (κ2) is 8.86. The predicted molar refractivity (Wildman–Crippen MR) is 127 cm³/mol. The van der Waals surface area contributed by atoms with Crippen molar-refractivity contribution in [2.75, 3.05) is 11.9 Å². The van der Waals surface area contributed by atoms with E-state index in [1.165, 1.54) is 5.56 Å². The van der Waals surface area contributed by atoms with Crippen LogP contribution in [-0.4, -0.2) is 33.1 Å². The van der Waals surface area contributed by atoms with Crippen LogP contribution in [0.2, 0.25) is 0 Å². The third kappa shape index (κ3) is 4.92. The molecule has 0 unspecified atom stereocenters. The molecule has 0 spiro atoms. The van der Waals surface area contributed by atoms with Crippen LogP contribution in [0.25, 0.3) is 16.9 Å². The van der Waals surface area contributed by atoms with Gasteiger partial charge in [-0.15, -0.1) is 0 Å². The van der Waals surface area contributed by atoms with Crippen LogP contribution in [0.5, 0.6) is 0 Å². The summed E-state index contributed by atoms with van der Waals surface area (Å²) in [4.78, 5) is 28.9. The Kier molecular flexibility index (Phi) is 5.96. The SMILES string of the molecule is CCOC(=O)c1ccc(-c2ccc3nc(NC(=O)c4ccc(C(C)(C)C)cc4)cn3n2)cc1. The number of imidazole rings is 1. The summed E-state index contributed by atoms with van der Waals surface area (Å²) < 4.78 is 6.63. The van der Waals surface area contributed by atoms with Gasteiger partial charge in [-0.05, 0) is 54.3 Å². The molecule has 33 heavy (non-hydrogen) atoms. The molecule has 2 aromatic heterocycles. The van der Waals surface area contributed by atoms with Crippen molar-refractivity contribution in [3.63, 3.8) is 0 Å². The standard InChI is InChI=1S/C26H26N4O3/c1-5-33-25(32)19-8-6-17(7-9-19)21-14-15-23-27-22(16-30(23)29-21)28-24(31)18-10-12-20(13-11-18)26(2,3)4/h6-16H,5H2,1-4H3,(H,28,31). The fourth-order valence-corrected chi connectivity index (χ4v) is 3.40. The lowest BCUT2D eigenvalue weighted by Crippen LogP contribution is -2.14. The number of carbonyl (C=O) groups is 2. The zero-order valence-electron chi connectivity index (χ0n) is 19.1. The highest BCUT2D eigenvalue weighted by Crippen LogP contribution is 2.23. The minimum absolute atomic E-state index is 0.0269. The molecule has 168 valence electrons. The maximum atomic E-state index is 12.7. The Hall–Kier alpha value is -4.00. The van der Waals surface area contributed by atoms with Crippen LogP contribution in [0, 0.1) is 0 Å². The molecule has 0 aliphatic carbocycles. The number of hydrogen-bond donors (Lipinski definition) is 1. The minimum Gasteiger partial charge on any atom is -0.462 e. The van der Waals surface area contributed by atoms with E-state index in [1.807, 2.05) is 48.5 Å². The van der Waals surface area contributed by atoms with Gasteiger partial charge in [-0.25, -0.2) is 14.3 Å². The molecule has 4 aromatic rings. The molecule has 0 aliphatic heterocycles. The van der Waals surface area contributed by atoms with Crippen LogP contribution in [-0.2, 0) is 10.2 Å². The number of amides is 1. The number of aromatic nitrogens is 3. The van der Waals surface area contributed by atoms with Crippen LogP contribution in [0.15, 0.2) is 66.9 Å². The first kappa shape index (κ1) is 22.2. The van der Waals surface area contributed by atoms with Crippen molar-refractivity contribution in [3.8, 4) is 11.3 Å². The van der Waals surface area contributed by atoms with Crippen molar-refractivity contribution in [1.82, 2.24) is 14.6 Å². The minimum atomic E-state index is -0.351. The highest BCUT2D eigenvalue weighted by molar-refractivity contribution is 6.03. The van der Waals surface area contributed by atoms with Crippen LogP contribution >= 0.6 is 0 Å². The fourth-order valence-electron chi connectivity index (χ4n) is 3.40. The second-order valence-electron chi connectivity index (χ2n) is 8.73. The van der Waals surface area contributed by atoms with Gasteiger partial charge in [0.2, 0.25) is 0 Å². The predicted octanol–water partition coefficient (Wildman–Crippen LogP) is 5.12. The molecule has 0 radical (unpaired) electrons. The van der Waals surface area contributed by atoms with Crippen molar-refractivity contribution < 1.29 is 14.3 Å². The first-order valence-electron chi connectivity index (χ1n) is 10.8. The number of benzene rings is 2. The zero-order valence-corrected chi connectivity index (χ0v) is 19.1. The smallest absolute Gasteiger partial charge is 0.338 e. The van der Waals surface area contributed by atoms with E-state index in [-0.39, 0.29) is 17.3 Å². The number of nitrogens with zero attached hydrogens (tertiary/aromatic N) is 3. The van der Waals surface area contributed by atoms with Crippen molar-refractivity contribution in [2.45, 2.75) is 33.1 Å². The Morgan fingerprint density at radius 3 is 2.24 bits per heavy atom. The van der Waals surface area contributed by atoms with Crippen LogP contribution in [0.4, 0.5) is 5.82 Å². The van der Waals surface area contributed by atoms with Crippen molar-refractivity contribution >= 4 is 23.3 Å². The summed E-state index contributed by atoms with van der Waals surface area (Å²) in [5, 5.41) is 7.42. The number of hydrogen-bond acceptors (Lipinski definition) is 5. The monoisotopic (exact) mass is 442 g/mol. The average Bonchev–Trinajstić information content (AvgIpc) is 3.20. The fraction of sp³-hybridized carbons (Fsp3) is 0.231. The molecule has 2 aromatic carbocycles. The van der Waals surface area contributed by atoms with Gasteiger partial charge in [0, 0.05) is 11.1 Å². The molecule has 0 saturated carbocycles. The van der Waals surface area contributed by atoms with E-state index in [0.29, 0.717) is 34.9 Å².